The van der Waals surface area contributed by atoms with E-state index in [1.807, 2.05) is 37.3 Å². The number of hydrogen-bond acceptors (Lipinski definition) is 3. The van der Waals surface area contributed by atoms with Gasteiger partial charge < -0.3 is 10.4 Å². The van der Waals surface area contributed by atoms with Gasteiger partial charge in [0, 0.05) is 12.1 Å². The van der Waals surface area contributed by atoms with E-state index >= 15 is 0 Å². The Hall–Kier alpha value is -2.63. The maximum absolute atomic E-state index is 12.0. The lowest BCUT2D eigenvalue weighted by molar-refractivity contribution is -0.139. The molecule has 1 aromatic heterocycles. The van der Waals surface area contributed by atoms with Gasteiger partial charge in [0.25, 0.3) is 5.91 Å². The van der Waals surface area contributed by atoms with E-state index in [2.05, 4.69) is 15.5 Å². The summed E-state index contributed by atoms with van der Waals surface area (Å²) in [6, 6.07) is 9.80. The lowest BCUT2D eigenvalue weighted by Crippen LogP contribution is -2.42. The molecule has 0 aliphatic carbocycles. The Bertz CT molecular complexity index is 622. The highest BCUT2D eigenvalue weighted by molar-refractivity contribution is 5.95. The van der Waals surface area contributed by atoms with Gasteiger partial charge in [-0.2, -0.15) is 5.10 Å². The Balaban J connectivity index is 2.05. The number of nitrogens with zero attached hydrogens (tertiary/aromatic N) is 1. The summed E-state index contributed by atoms with van der Waals surface area (Å²) in [6.07, 6.45) is 0.958. The van der Waals surface area contributed by atoms with Crippen LogP contribution in [0.2, 0.25) is 0 Å². The topological polar surface area (TPSA) is 95.1 Å². The lowest BCUT2D eigenvalue weighted by Gasteiger charge is -2.13. The van der Waals surface area contributed by atoms with Crippen molar-refractivity contribution in [2.45, 2.75) is 25.8 Å². The molecule has 2 rings (SSSR count). The van der Waals surface area contributed by atoms with Crippen molar-refractivity contribution in [3.63, 3.8) is 0 Å². The molecule has 6 heteroatoms. The summed E-state index contributed by atoms with van der Waals surface area (Å²) in [7, 11) is 0. The third kappa shape index (κ3) is 3.92. The van der Waals surface area contributed by atoms with Crippen LogP contribution in [-0.4, -0.2) is 33.2 Å². The number of aromatic nitrogens is 2. The van der Waals surface area contributed by atoms with Crippen molar-refractivity contribution in [3.05, 3.63) is 53.3 Å². The molecule has 6 nitrogen and oxygen atoms in total. The van der Waals surface area contributed by atoms with Gasteiger partial charge in [-0.15, -0.1) is 0 Å². The minimum Gasteiger partial charge on any atom is -0.480 e. The molecule has 0 saturated heterocycles. The van der Waals surface area contributed by atoms with E-state index in [-0.39, 0.29) is 12.1 Å². The van der Waals surface area contributed by atoms with E-state index in [0.717, 1.165) is 17.7 Å². The molecule has 0 radical (unpaired) electrons. The van der Waals surface area contributed by atoms with Gasteiger partial charge in [-0.3, -0.25) is 9.89 Å². The van der Waals surface area contributed by atoms with E-state index in [4.69, 9.17) is 0 Å². The Labute approximate surface area is 122 Å². The van der Waals surface area contributed by atoms with Crippen LogP contribution in [0.25, 0.3) is 0 Å². The summed E-state index contributed by atoms with van der Waals surface area (Å²) in [5.41, 5.74) is 1.88. The zero-order chi connectivity index (χ0) is 15.2. The number of amides is 1. The molecule has 1 unspecified atom stereocenters. The number of aliphatic carboxylic acids is 1. The first-order chi connectivity index (χ1) is 10.1. The highest BCUT2D eigenvalue weighted by Gasteiger charge is 2.22. The van der Waals surface area contributed by atoms with Crippen molar-refractivity contribution in [2.24, 2.45) is 0 Å². The van der Waals surface area contributed by atoms with Crippen LogP contribution in [0.3, 0.4) is 0 Å². The second-order valence-electron chi connectivity index (χ2n) is 4.69. The van der Waals surface area contributed by atoms with E-state index in [1.54, 1.807) is 6.07 Å². The normalized spacial score (nSPS) is 11.9. The third-order valence-corrected chi connectivity index (χ3v) is 3.13. The maximum Gasteiger partial charge on any atom is 0.326 e. The van der Waals surface area contributed by atoms with Gasteiger partial charge in [-0.25, -0.2) is 4.79 Å². The fraction of sp³-hybridized carbons (Fsp3) is 0.267. The first kappa shape index (κ1) is 14.8. The van der Waals surface area contributed by atoms with Gasteiger partial charge in [0.1, 0.15) is 11.7 Å². The molecule has 0 saturated carbocycles. The molecule has 0 spiro atoms. The van der Waals surface area contributed by atoms with E-state index in [9.17, 15) is 14.7 Å². The van der Waals surface area contributed by atoms with E-state index < -0.39 is 17.9 Å². The molecule has 0 fully saturated rings. The molecule has 1 amide bonds. The predicted molar refractivity (Wildman–Crippen MR) is 77.0 cm³/mol. The van der Waals surface area contributed by atoms with Gasteiger partial charge in [0.2, 0.25) is 0 Å². The zero-order valence-electron chi connectivity index (χ0n) is 11.7. The number of nitrogens with one attached hydrogen (secondary N) is 2. The number of benzene rings is 1. The smallest absolute Gasteiger partial charge is 0.326 e. The predicted octanol–water partition coefficient (Wildman–Crippen LogP) is 1.40. The van der Waals surface area contributed by atoms with Crippen molar-refractivity contribution < 1.29 is 14.7 Å². The molecule has 0 bridgehead atoms. The first-order valence-electron chi connectivity index (χ1n) is 6.72. The van der Waals surface area contributed by atoms with E-state index in [1.165, 1.54) is 0 Å². The lowest BCUT2D eigenvalue weighted by atomic mass is 10.1. The minimum absolute atomic E-state index is 0.200. The Kier molecular flexibility index (Phi) is 4.71. The summed E-state index contributed by atoms with van der Waals surface area (Å²) >= 11 is 0. The van der Waals surface area contributed by atoms with Crippen LogP contribution < -0.4 is 5.32 Å². The average Bonchev–Trinajstić information content (AvgIpc) is 2.96. The average molecular weight is 287 g/mol. The van der Waals surface area contributed by atoms with Crippen LogP contribution in [-0.2, 0) is 17.6 Å². The SMILES string of the molecule is CCc1cc(C(=O)NC(Cc2ccccc2)C(=O)O)n[nH]1. The van der Waals surface area contributed by atoms with Gasteiger partial charge in [0.05, 0.1) is 0 Å². The van der Waals surface area contributed by atoms with Crippen molar-refractivity contribution in [3.8, 4) is 0 Å². The summed E-state index contributed by atoms with van der Waals surface area (Å²) in [5.74, 6) is -1.56. The fourth-order valence-corrected chi connectivity index (χ4v) is 1.94. The maximum atomic E-state index is 12.0. The third-order valence-electron chi connectivity index (χ3n) is 3.13. The van der Waals surface area contributed by atoms with Crippen LogP contribution in [0, 0.1) is 0 Å². The Morgan fingerprint density at radius 3 is 2.62 bits per heavy atom. The highest BCUT2D eigenvalue weighted by Crippen LogP contribution is 2.05. The molecular weight excluding hydrogens is 270 g/mol. The van der Waals surface area contributed by atoms with Crippen LogP contribution >= 0.6 is 0 Å². The van der Waals surface area contributed by atoms with Crippen LogP contribution in [0.15, 0.2) is 36.4 Å². The molecule has 2 aromatic rings. The van der Waals surface area contributed by atoms with Crippen LogP contribution in [0.1, 0.15) is 28.7 Å². The van der Waals surface area contributed by atoms with Crippen LogP contribution in [0.4, 0.5) is 0 Å². The highest BCUT2D eigenvalue weighted by atomic mass is 16.4. The van der Waals surface area contributed by atoms with Gasteiger partial charge in [0.15, 0.2) is 0 Å². The quantitative estimate of drug-likeness (QED) is 0.748. The molecule has 1 aromatic carbocycles. The zero-order valence-corrected chi connectivity index (χ0v) is 11.7. The second-order valence-corrected chi connectivity index (χ2v) is 4.69. The standard InChI is InChI=1S/C15H17N3O3/c1-2-11-9-12(18-17-11)14(19)16-13(15(20)21)8-10-6-4-3-5-7-10/h3-7,9,13H,2,8H2,1H3,(H,16,19)(H,17,18)(H,20,21). The molecule has 0 aliphatic heterocycles. The van der Waals surface area contributed by atoms with Gasteiger partial charge in [-0.1, -0.05) is 37.3 Å². The van der Waals surface area contributed by atoms with E-state index in [0.29, 0.717) is 0 Å². The molecule has 3 N–H and O–H groups in total. The van der Waals surface area contributed by atoms with Crippen molar-refractivity contribution >= 4 is 11.9 Å². The molecule has 0 aliphatic rings. The summed E-state index contributed by atoms with van der Waals surface area (Å²) in [6.45, 7) is 1.94. The van der Waals surface area contributed by atoms with Crippen LogP contribution in [0.5, 0.6) is 0 Å². The van der Waals surface area contributed by atoms with Gasteiger partial charge >= 0.3 is 5.97 Å². The number of hydrogen-bond donors (Lipinski definition) is 3. The largest absolute Gasteiger partial charge is 0.480 e. The number of carbonyl (C=O) groups excluding carboxylic acids is 1. The fourth-order valence-electron chi connectivity index (χ4n) is 1.94. The summed E-state index contributed by atoms with van der Waals surface area (Å²) in [4.78, 5) is 23.3. The second kappa shape index (κ2) is 6.69. The Morgan fingerprint density at radius 1 is 1.33 bits per heavy atom. The first-order valence-corrected chi connectivity index (χ1v) is 6.72. The molecule has 1 heterocycles. The van der Waals surface area contributed by atoms with Gasteiger partial charge in [-0.05, 0) is 18.1 Å². The number of carboxylic acid groups (broad SMARTS) is 1. The number of carbonyl (C=O) groups is 2. The number of carboxylic acids is 1. The van der Waals surface area contributed by atoms with Crippen molar-refractivity contribution in [2.75, 3.05) is 0 Å². The minimum atomic E-state index is -1.07. The number of H-pyrrole nitrogens is 1. The number of aromatic amines is 1. The summed E-state index contributed by atoms with van der Waals surface area (Å²) < 4.78 is 0. The van der Waals surface area contributed by atoms with Crippen molar-refractivity contribution in [1.29, 1.82) is 0 Å². The van der Waals surface area contributed by atoms with Crippen molar-refractivity contribution in [1.82, 2.24) is 15.5 Å². The number of aryl methyl sites for hydroxylation is 1. The number of rotatable bonds is 6. The Morgan fingerprint density at radius 2 is 2.05 bits per heavy atom. The monoisotopic (exact) mass is 287 g/mol. The summed E-state index contributed by atoms with van der Waals surface area (Å²) in [5, 5.41) is 18.3. The molecular formula is C15H17N3O3. The molecule has 21 heavy (non-hydrogen) atoms. The molecule has 110 valence electrons. The molecule has 1 atom stereocenters.